The summed E-state index contributed by atoms with van der Waals surface area (Å²) in [6.07, 6.45) is 2.18. The molecular weight excluding hydrogens is 244 g/mol. The van der Waals surface area contributed by atoms with E-state index in [1.807, 2.05) is 18.2 Å². The van der Waals surface area contributed by atoms with Gasteiger partial charge in [0.2, 0.25) is 5.91 Å². The molecule has 0 saturated carbocycles. The van der Waals surface area contributed by atoms with Crippen molar-refractivity contribution in [2.75, 3.05) is 44.1 Å². The van der Waals surface area contributed by atoms with E-state index in [0.29, 0.717) is 13.2 Å². The fourth-order valence-electron chi connectivity index (χ4n) is 2.06. The van der Waals surface area contributed by atoms with Crippen molar-refractivity contribution >= 4 is 17.3 Å². The molecule has 1 aliphatic heterocycles. The van der Waals surface area contributed by atoms with Gasteiger partial charge < -0.3 is 20.1 Å². The van der Waals surface area contributed by atoms with Gasteiger partial charge in [-0.25, -0.2) is 0 Å². The lowest BCUT2D eigenvalue weighted by molar-refractivity contribution is -0.121. The Kier molecular flexibility index (Phi) is 5.18. The Hall–Kier alpha value is -1.59. The number of nitrogens with one attached hydrogen (secondary N) is 2. The highest BCUT2D eigenvalue weighted by Gasteiger charge is 2.10. The first kappa shape index (κ1) is 13.8. The molecule has 1 aliphatic rings. The Balaban J connectivity index is 1.83. The minimum atomic E-state index is -0.139. The largest absolute Gasteiger partial charge is 0.385 e. The van der Waals surface area contributed by atoms with Gasteiger partial charge in [0.15, 0.2) is 0 Å². The molecule has 5 nitrogen and oxygen atoms in total. The van der Waals surface area contributed by atoms with Gasteiger partial charge >= 0.3 is 0 Å². The average Bonchev–Trinajstić information content (AvgIpc) is 2.43. The molecule has 0 atom stereocenters. The Bertz CT molecular complexity index is 435. The summed E-state index contributed by atoms with van der Waals surface area (Å²) in [4.78, 5) is 11.7. The van der Waals surface area contributed by atoms with Crippen LogP contribution >= 0.6 is 0 Å². The van der Waals surface area contributed by atoms with Crippen LogP contribution in [0.5, 0.6) is 0 Å². The number of benzene rings is 1. The molecule has 0 bridgehead atoms. The van der Waals surface area contributed by atoms with E-state index in [1.165, 1.54) is 11.3 Å². The first-order valence-corrected chi connectivity index (χ1v) is 6.53. The standard InChI is InChI=1S/C14H20N2O3/c1-18-7-8-19-10-14(17)16-12-4-5-13-11(9-12)3-2-6-15-13/h4-5,9,15H,2-3,6-8,10H2,1H3,(H,16,17). The molecule has 1 amide bonds. The predicted molar refractivity (Wildman–Crippen MR) is 74.6 cm³/mol. The lowest BCUT2D eigenvalue weighted by atomic mass is 10.0. The third kappa shape index (κ3) is 4.22. The summed E-state index contributed by atoms with van der Waals surface area (Å²) >= 11 is 0. The van der Waals surface area contributed by atoms with Gasteiger partial charge in [-0.1, -0.05) is 0 Å². The van der Waals surface area contributed by atoms with Gasteiger partial charge in [0.05, 0.1) is 13.2 Å². The van der Waals surface area contributed by atoms with E-state index >= 15 is 0 Å². The van der Waals surface area contributed by atoms with E-state index in [1.54, 1.807) is 7.11 Å². The third-order valence-corrected chi connectivity index (χ3v) is 2.99. The highest BCUT2D eigenvalue weighted by Crippen LogP contribution is 2.24. The number of carbonyl (C=O) groups is 1. The van der Waals surface area contributed by atoms with Crippen molar-refractivity contribution < 1.29 is 14.3 Å². The molecule has 0 aromatic heterocycles. The second-order valence-corrected chi connectivity index (χ2v) is 4.50. The van der Waals surface area contributed by atoms with Crippen molar-refractivity contribution in [1.82, 2.24) is 0 Å². The normalized spacial score (nSPS) is 13.5. The smallest absolute Gasteiger partial charge is 0.250 e. The molecule has 1 aromatic rings. The summed E-state index contributed by atoms with van der Waals surface area (Å²) in [5.41, 5.74) is 3.24. The lowest BCUT2D eigenvalue weighted by Gasteiger charge is -2.18. The predicted octanol–water partition coefficient (Wildman–Crippen LogP) is 1.65. The summed E-state index contributed by atoms with van der Waals surface area (Å²) in [6.45, 7) is 2.00. The van der Waals surface area contributed by atoms with Gasteiger partial charge in [0, 0.05) is 25.0 Å². The van der Waals surface area contributed by atoms with Gasteiger partial charge in [0.25, 0.3) is 0 Å². The Morgan fingerprint density at radius 1 is 1.42 bits per heavy atom. The highest BCUT2D eigenvalue weighted by molar-refractivity contribution is 5.92. The van der Waals surface area contributed by atoms with Crippen molar-refractivity contribution in [3.05, 3.63) is 23.8 Å². The fraction of sp³-hybridized carbons (Fsp3) is 0.500. The van der Waals surface area contributed by atoms with E-state index in [2.05, 4.69) is 10.6 Å². The first-order chi connectivity index (χ1) is 9.29. The van der Waals surface area contributed by atoms with Crippen molar-refractivity contribution in [3.63, 3.8) is 0 Å². The van der Waals surface area contributed by atoms with Crippen LogP contribution in [0.3, 0.4) is 0 Å². The molecule has 0 unspecified atom stereocenters. The average molecular weight is 264 g/mol. The SMILES string of the molecule is COCCOCC(=O)Nc1ccc2c(c1)CCCN2. The lowest BCUT2D eigenvalue weighted by Crippen LogP contribution is -2.20. The van der Waals surface area contributed by atoms with E-state index < -0.39 is 0 Å². The van der Waals surface area contributed by atoms with Crippen LogP contribution in [0.1, 0.15) is 12.0 Å². The molecule has 2 N–H and O–H groups in total. The van der Waals surface area contributed by atoms with Gasteiger partial charge in [-0.3, -0.25) is 4.79 Å². The van der Waals surface area contributed by atoms with Crippen molar-refractivity contribution in [1.29, 1.82) is 0 Å². The molecule has 1 aromatic carbocycles. The number of rotatable bonds is 6. The molecule has 0 aliphatic carbocycles. The molecule has 0 radical (unpaired) electrons. The molecule has 5 heteroatoms. The molecule has 104 valence electrons. The zero-order chi connectivity index (χ0) is 13.5. The number of fused-ring (bicyclic) bond motifs is 1. The van der Waals surface area contributed by atoms with Crippen LogP contribution in [0.2, 0.25) is 0 Å². The van der Waals surface area contributed by atoms with E-state index in [4.69, 9.17) is 9.47 Å². The van der Waals surface area contributed by atoms with Crippen molar-refractivity contribution in [3.8, 4) is 0 Å². The number of anilines is 2. The number of ether oxygens (including phenoxy) is 2. The highest BCUT2D eigenvalue weighted by atomic mass is 16.5. The molecule has 0 saturated heterocycles. The van der Waals surface area contributed by atoms with Crippen LogP contribution in [0, 0.1) is 0 Å². The summed E-state index contributed by atoms with van der Waals surface area (Å²) in [6, 6.07) is 5.94. The van der Waals surface area contributed by atoms with E-state index in [9.17, 15) is 4.79 Å². The fourth-order valence-corrected chi connectivity index (χ4v) is 2.06. The molecule has 2 rings (SSSR count). The van der Waals surface area contributed by atoms with Crippen LogP contribution < -0.4 is 10.6 Å². The Morgan fingerprint density at radius 3 is 3.16 bits per heavy atom. The van der Waals surface area contributed by atoms with Crippen molar-refractivity contribution in [2.45, 2.75) is 12.8 Å². The summed E-state index contributed by atoms with van der Waals surface area (Å²) in [5.74, 6) is -0.139. The third-order valence-electron chi connectivity index (χ3n) is 2.99. The van der Waals surface area contributed by atoms with Gasteiger partial charge in [-0.05, 0) is 36.6 Å². The first-order valence-electron chi connectivity index (χ1n) is 6.53. The van der Waals surface area contributed by atoms with Gasteiger partial charge in [-0.2, -0.15) is 0 Å². The van der Waals surface area contributed by atoms with E-state index in [-0.39, 0.29) is 12.5 Å². The second-order valence-electron chi connectivity index (χ2n) is 4.50. The van der Waals surface area contributed by atoms with Crippen LogP contribution in [0.15, 0.2) is 18.2 Å². The van der Waals surface area contributed by atoms with Crippen LogP contribution in [-0.4, -0.2) is 39.4 Å². The molecule has 1 heterocycles. The maximum absolute atomic E-state index is 11.7. The Labute approximate surface area is 113 Å². The molecule has 0 spiro atoms. The van der Waals surface area contributed by atoms with Crippen LogP contribution in [0.25, 0.3) is 0 Å². The summed E-state index contributed by atoms with van der Waals surface area (Å²) in [5, 5.41) is 6.18. The molecule has 0 fully saturated rings. The Morgan fingerprint density at radius 2 is 2.32 bits per heavy atom. The van der Waals surface area contributed by atoms with Gasteiger partial charge in [-0.15, -0.1) is 0 Å². The minimum Gasteiger partial charge on any atom is -0.385 e. The van der Waals surface area contributed by atoms with E-state index in [0.717, 1.165) is 25.1 Å². The number of hydrogen-bond donors (Lipinski definition) is 2. The zero-order valence-electron chi connectivity index (χ0n) is 11.2. The van der Waals surface area contributed by atoms with Crippen LogP contribution in [-0.2, 0) is 20.7 Å². The summed E-state index contributed by atoms with van der Waals surface area (Å²) in [7, 11) is 1.60. The molecule has 19 heavy (non-hydrogen) atoms. The monoisotopic (exact) mass is 264 g/mol. The van der Waals surface area contributed by atoms with Crippen LogP contribution in [0.4, 0.5) is 11.4 Å². The maximum Gasteiger partial charge on any atom is 0.250 e. The maximum atomic E-state index is 11.7. The number of methoxy groups -OCH3 is 1. The molecular formula is C14H20N2O3. The number of hydrogen-bond acceptors (Lipinski definition) is 4. The number of carbonyl (C=O) groups excluding carboxylic acids is 1. The topological polar surface area (TPSA) is 59.6 Å². The number of amides is 1. The van der Waals surface area contributed by atoms with Gasteiger partial charge in [0.1, 0.15) is 6.61 Å². The summed E-state index contributed by atoms with van der Waals surface area (Å²) < 4.78 is 10.0. The van der Waals surface area contributed by atoms with Crippen molar-refractivity contribution in [2.24, 2.45) is 0 Å². The second kappa shape index (κ2) is 7.11. The zero-order valence-corrected chi connectivity index (χ0v) is 11.2. The minimum absolute atomic E-state index is 0.0543. The quantitative estimate of drug-likeness (QED) is 0.767. The number of aryl methyl sites for hydroxylation is 1.